The number of amides is 1. The van der Waals surface area contributed by atoms with E-state index in [9.17, 15) is 13.6 Å². The van der Waals surface area contributed by atoms with Gasteiger partial charge in [0.25, 0.3) is 5.91 Å². The molecule has 0 bridgehead atoms. The Labute approximate surface area is 115 Å². The third kappa shape index (κ3) is 3.57. The maximum atomic E-state index is 12.2. The average Bonchev–Trinajstić information content (AvgIpc) is 2.91. The molecule has 0 aromatic heterocycles. The Morgan fingerprint density at radius 2 is 2.25 bits per heavy atom. The summed E-state index contributed by atoms with van der Waals surface area (Å²) in [7, 11) is 1.33. The third-order valence-corrected chi connectivity index (χ3v) is 3.04. The molecule has 1 atom stereocenters. The van der Waals surface area contributed by atoms with Crippen LogP contribution >= 0.6 is 0 Å². The number of alkyl halides is 2. The summed E-state index contributed by atoms with van der Waals surface area (Å²) in [5.74, 6) is -0.260. The molecule has 1 amide bonds. The molecule has 1 aromatic carbocycles. The number of ether oxygens (including phenoxy) is 2. The van der Waals surface area contributed by atoms with Crippen LogP contribution in [0.2, 0.25) is 0 Å². The molecule has 1 aliphatic heterocycles. The molecule has 110 valence electrons. The minimum absolute atomic E-state index is 0.0884. The molecule has 0 spiro atoms. The Bertz CT molecular complexity index is 477. The van der Waals surface area contributed by atoms with E-state index in [0.29, 0.717) is 5.56 Å². The normalized spacial score (nSPS) is 18.1. The van der Waals surface area contributed by atoms with Gasteiger partial charge in [-0.3, -0.25) is 4.79 Å². The first kappa shape index (κ1) is 14.5. The third-order valence-electron chi connectivity index (χ3n) is 3.04. The lowest BCUT2D eigenvalue weighted by Gasteiger charge is -2.13. The number of carbonyl (C=O) groups excluding carboxylic acids is 1. The number of rotatable bonds is 5. The topological polar surface area (TPSA) is 59.6 Å². The molecule has 0 saturated carbocycles. The number of carbonyl (C=O) groups is 1. The van der Waals surface area contributed by atoms with E-state index < -0.39 is 6.61 Å². The zero-order valence-electron chi connectivity index (χ0n) is 11.0. The Balaban J connectivity index is 2.09. The number of benzene rings is 1. The Hall–Kier alpha value is -1.89. The average molecular weight is 286 g/mol. The zero-order chi connectivity index (χ0) is 14.5. The van der Waals surface area contributed by atoms with Gasteiger partial charge in [-0.05, 0) is 31.2 Å². The van der Waals surface area contributed by atoms with Crippen LogP contribution in [0.1, 0.15) is 16.8 Å². The highest BCUT2D eigenvalue weighted by Crippen LogP contribution is 2.29. The number of halogens is 2. The highest BCUT2D eigenvalue weighted by molar-refractivity contribution is 5.95. The number of nitrogens with one attached hydrogen (secondary N) is 2. The minimum Gasteiger partial charge on any atom is -0.493 e. The SMILES string of the molecule is COc1cc(C(=O)NC2CCNC2)ccc1OC(F)F. The fraction of sp³-hybridized carbons (Fsp3) is 0.462. The zero-order valence-corrected chi connectivity index (χ0v) is 11.0. The van der Waals surface area contributed by atoms with E-state index >= 15 is 0 Å². The van der Waals surface area contributed by atoms with Gasteiger partial charge in [0, 0.05) is 18.2 Å². The molecule has 1 saturated heterocycles. The van der Waals surface area contributed by atoms with Gasteiger partial charge < -0.3 is 20.1 Å². The monoisotopic (exact) mass is 286 g/mol. The number of methoxy groups -OCH3 is 1. The van der Waals surface area contributed by atoms with Crippen LogP contribution in [0.3, 0.4) is 0 Å². The van der Waals surface area contributed by atoms with Crippen molar-refractivity contribution in [3.8, 4) is 11.5 Å². The summed E-state index contributed by atoms with van der Waals surface area (Å²) in [6, 6.07) is 4.20. The molecule has 2 rings (SSSR count). The molecule has 0 radical (unpaired) electrons. The fourth-order valence-corrected chi connectivity index (χ4v) is 2.05. The van der Waals surface area contributed by atoms with E-state index in [1.807, 2.05) is 0 Å². The van der Waals surface area contributed by atoms with E-state index in [1.165, 1.54) is 25.3 Å². The van der Waals surface area contributed by atoms with E-state index in [2.05, 4.69) is 15.4 Å². The number of hydrogen-bond acceptors (Lipinski definition) is 4. The van der Waals surface area contributed by atoms with Gasteiger partial charge >= 0.3 is 6.61 Å². The Morgan fingerprint density at radius 3 is 2.85 bits per heavy atom. The van der Waals surface area contributed by atoms with Crippen LogP contribution in [0.4, 0.5) is 8.78 Å². The van der Waals surface area contributed by atoms with E-state index in [0.717, 1.165) is 19.5 Å². The molecule has 1 aromatic rings. The van der Waals surface area contributed by atoms with Crippen molar-refractivity contribution >= 4 is 5.91 Å². The van der Waals surface area contributed by atoms with Gasteiger partial charge in [0.15, 0.2) is 11.5 Å². The van der Waals surface area contributed by atoms with Crippen LogP contribution in [-0.4, -0.2) is 38.8 Å². The van der Waals surface area contributed by atoms with Gasteiger partial charge in [-0.25, -0.2) is 0 Å². The first-order chi connectivity index (χ1) is 9.60. The van der Waals surface area contributed by atoms with Crippen molar-refractivity contribution in [2.75, 3.05) is 20.2 Å². The maximum Gasteiger partial charge on any atom is 0.387 e. The van der Waals surface area contributed by atoms with E-state index in [1.54, 1.807) is 0 Å². The van der Waals surface area contributed by atoms with Crippen molar-refractivity contribution in [3.05, 3.63) is 23.8 Å². The predicted molar refractivity (Wildman–Crippen MR) is 68.4 cm³/mol. The highest BCUT2D eigenvalue weighted by Gasteiger charge is 2.19. The van der Waals surface area contributed by atoms with Gasteiger partial charge in [0.1, 0.15) is 0 Å². The van der Waals surface area contributed by atoms with Crippen molar-refractivity contribution in [1.29, 1.82) is 0 Å². The van der Waals surface area contributed by atoms with Gasteiger partial charge in [0.2, 0.25) is 0 Å². The van der Waals surface area contributed by atoms with Crippen molar-refractivity contribution in [2.45, 2.75) is 19.1 Å². The molecule has 1 aliphatic rings. The largest absolute Gasteiger partial charge is 0.493 e. The molecule has 0 aliphatic carbocycles. The molecular weight excluding hydrogens is 270 g/mol. The summed E-state index contributed by atoms with van der Waals surface area (Å²) in [5, 5.41) is 6.00. The molecule has 7 heteroatoms. The standard InChI is InChI=1S/C13H16F2N2O3/c1-19-11-6-8(2-3-10(11)20-13(14)15)12(18)17-9-4-5-16-7-9/h2-3,6,9,13,16H,4-5,7H2,1H3,(H,17,18). The first-order valence-electron chi connectivity index (χ1n) is 6.24. The van der Waals surface area contributed by atoms with Crippen molar-refractivity contribution in [3.63, 3.8) is 0 Å². The predicted octanol–water partition coefficient (Wildman–Crippen LogP) is 1.39. The van der Waals surface area contributed by atoms with Crippen molar-refractivity contribution in [2.24, 2.45) is 0 Å². The molecular formula is C13H16F2N2O3. The van der Waals surface area contributed by atoms with Crippen LogP contribution in [0.25, 0.3) is 0 Å². The van der Waals surface area contributed by atoms with E-state index in [-0.39, 0.29) is 23.4 Å². The van der Waals surface area contributed by atoms with Gasteiger partial charge in [-0.2, -0.15) is 8.78 Å². The van der Waals surface area contributed by atoms with Crippen molar-refractivity contribution in [1.82, 2.24) is 10.6 Å². The summed E-state index contributed by atoms with van der Waals surface area (Å²) in [6.07, 6.45) is 0.870. The van der Waals surface area contributed by atoms with Crippen LogP contribution in [0.15, 0.2) is 18.2 Å². The van der Waals surface area contributed by atoms with Gasteiger partial charge in [0.05, 0.1) is 7.11 Å². The summed E-state index contributed by atoms with van der Waals surface area (Å²) >= 11 is 0. The highest BCUT2D eigenvalue weighted by atomic mass is 19.3. The lowest BCUT2D eigenvalue weighted by molar-refractivity contribution is -0.0512. The van der Waals surface area contributed by atoms with Crippen LogP contribution in [0, 0.1) is 0 Å². The summed E-state index contributed by atoms with van der Waals surface area (Å²) < 4.78 is 33.7. The maximum absolute atomic E-state index is 12.2. The lowest BCUT2D eigenvalue weighted by Crippen LogP contribution is -2.36. The molecule has 20 heavy (non-hydrogen) atoms. The molecule has 2 N–H and O–H groups in total. The second-order valence-electron chi connectivity index (χ2n) is 4.41. The van der Waals surface area contributed by atoms with Crippen LogP contribution in [0.5, 0.6) is 11.5 Å². The quantitative estimate of drug-likeness (QED) is 0.858. The number of hydrogen-bond donors (Lipinski definition) is 2. The molecule has 1 heterocycles. The lowest BCUT2D eigenvalue weighted by atomic mass is 10.1. The molecule has 1 fully saturated rings. The van der Waals surface area contributed by atoms with Gasteiger partial charge in [-0.1, -0.05) is 0 Å². The smallest absolute Gasteiger partial charge is 0.387 e. The minimum atomic E-state index is -2.94. The fourth-order valence-electron chi connectivity index (χ4n) is 2.05. The summed E-state index contributed by atoms with van der Waals surface area (Å²) in [5.41, 5.74) is 0.343. The van der Waals surface area contributed by atoms with Gasteiger partial charge in [-0.15, -0.1) is 0 Å². The summed E-state index contributed by atoms with van der Waals surface area (Å²) in [6.45, 7) is -1.33. The Kier molecular flexibility index (Phi) is 4.73. The van der Waals surface area contributed by atoms with Crippen molar-refractivity contribution < 1.29 is 23.0 Å². The molecule has 5 nitrogen and oxygen atoms in total. The second kappa shape index (κ2) is 6.51. The second-order valence-corrected chi connectivity index (χ2v) is 4.41. The Morgan fingerprint density at radius 1 is 1.45 bits per heavy atom. The molecule has 1 unspecified atom stereocenters. The summed E-state index contributed by atoms with van der Waals surface area (Å²) in [4.78, 5) is 12.0. The van der Waals surface area contributed by atoms with E-state index in [4.69, 9.17) is 4.74 Å². The van der Waals surface area contributed by atoms with Crippen LogP contribution < -0.4 is 20.1 Å². The first-order valence-corrected chi connectivity index (χ1v) is 6.24. The van der Waals surface area contributed by atoms with Crippen LogP contribution in [-0.2, 0) is 0 Å².